The molecule has 0 spiro atoms. The molecule has 0 heterocycles. The largest absolute Gasteiger partial charge is 0.414 e. The minimum absolute atomic E-state index is 0.00280. The van der Waals surface area contributed by atoms with E-state index in [1.165, 1.54) is 0 Å². The predicted molar refractivity (Wildman–Crippen MR) is 66.0 cm³/mol. The average molecular weight is 268 g/mol. The van der Waals surface area contributed by atoms with Gasteiger partial charge in [0, 0.05) is 12.8 Å². The summed E-state index contributed by atoms with van der Waals surface area (Å²) in [4.78, 5) is 0. The molecule has 1 fully saturated rings. The first-order valence-electron chi connectivity index (χ1n) is 6.14. The number of rotatable bonds is 2. The summed E-state index contributed by atoms with van der Waals surface area (Å²) in [6.07, 6.45) is -5.95. The fourth-order valence-electron chi connectivity index (χ4n) is 1.77. The lowest BCUT2D eigenvalue weighted by Crippen LogP contribution is -2.48. The Morgan fingerprint density at radius 2 is 1.41 bits per heavy atom. The third kappa shape index (κ3) is 3.47. The molecule has 1 nitrogen and oxygen atoms in total. The molecular weight excluding hydrogens is 245 g/mol. The van der Waals surface area contributed by atoms with E-state index >= 15 is 0 Å². The summed E-state index contributed by atoms with van der Waals surface area (Å²) in [6.45, 7) is 10.3. The van der Waals surface area contributed by atoms with E-state index in [9.17, 15) is 13.2 Å². The van der Waals surface area contributed by atoms with Gasteiger partial charge < -0.3 is 4.43 Å². The molecule has 0 aliphatic heterocycles. The van der Waals surface area contributed by atoms with Crippen LogP contribution in [-0.4, -0.2) is 32.9 Å². The van der Waals surface area contributed by atoms with E-state index in [-0.39, 0.29) is 17.9 Å². The zero-order chi connectivity index (χ0) is 13.4. The molecule has 1 aliphatic rings. The molecule has 5 heteroatoms. The molecular formula is C12H23F3OSi. The molecule has 0 saturated heterocycles. The number of hydrogen-bond donors (Lipinski definition) is 0. The van der Waals surface area contributed by atoms with Crippen molar-refractivity contribution in [3.63, 3.8) is 0 Å². The normalized spacial score (nSPS) is 36.0. The molecule has 0 aromatic rings. The van der Waals surface area contributed by atoms with Crippen molar-refractivity contribution in [2.24, 2.45) is 0 Å². The second-order valence-corrected chi connectivity index (χ2v) is 11.2. The van der Waals surface area contributed by atoms with Gasteiger partial charge in [0.1, 0.15) is 12.3 Å². The van der Waals surface area contributed by atoms with Gasteiger partial charge in [0.25, 0.3) is 0 Å². The van der Waals surface area contributed by atoms with Crippen molar-refractivity contribution in [1.82, 2.24) is 0 Å². The Balaban J connectivity index is 2.65. The maximum atomic E-state index is 13.3. The third-order valence-electron chi connectivity index (χ3n) is 3.93. The fraction of sp³-hybridized carbons (Fsp3) is 1.00. The van der Waals surface area contributed by atoms with Crippen LogP contribution in [-0.2, 0) is 4.43 Å². The van der Waals surface area contributed by atoms with Crippen LogP contribution >= 0.6 is 0 Å². The highest BCUT2D eigenvalue weighted by molar-refractivity contribution is 6.74. The number of halogens is 3. The van der Waals surface area contributed by atoms with E-state index in [4.69, 9.17) is 4.43 Å². The molecule has 2 unspecified atom stereocenters. The maximum absolute atomic E-state index is 13.3. The zero-order valence-corrected chi connectivity index (χ0v) is 12.3. The van der Waals surface area contributed by atoms with Gasteiger partial charge in [-0.1, -0.05) is 20.8 Å². The SMILES string of the molecule is CC(C)(C)[Si](C)(C)OC1CC(F)C(F)C(F)C1. The molecule has 2 atom stereocenters. The minimum Gasteiger partial charge on any atom is -0.414 e. The van der Waals surface area contributed by atoms with Crippen molar-refractivity contribution in [1.29, 1.82) is 0 Å². The van der Waals surface area contributed by atoms with E-state index in [2.05, 4.69) is 20.8 Å². The Kier molecular flexibility index (Phi) is 4.35. The summed E-state index contributed by atoms with van der Waals surface area (Å²) in [5.41, 5.74) is 0. The van der Waals surface area contributed by atoms with Gasteiger partial charge in [-0.25, -0.2) is 13.2 Å². The molecule has 0 bridgehead atoms. The molecule has 0 aromatic heterocycles. The van der Waals surface area contributed by atoms with Crippen LogP contribution in [0.2, 0.25) is 18.1 Å². The van der Waals surface area contributed by atoms with Crippen LogP contribution in [0.15, 0.2) is 0 Å². The molecule has 0 radical (unpaired) electrons. The first-order valence-corrected chi connectivity index (χ1v) is 9.05. The lowest BCUT2D eigenvalue weighted by atomic mass is 9.93. The minimum atomic E-state index is -2.03. The van der Waals surface area contributed by atoms with Gasteiger partial charge in [0.05, 0.1) is 6.10 Å². The molecule has 0 N–H and O–H groups in total. The fourth-order valence-corrected chi connectivity index (χ4v) is 3.15. The molecule has 1 aliphatic carbocycles. The van der Waals surface area contributed by atoms with Crippen LogP contribution < -0.4 is 0 Å². The Labute approximate surface area is 103 Å². The van der Waals surface area contributed by atoms with Crippen LogP contribution in [0, 0.1) is 0 Å². The van der Waals surface area contributed by atoms with Gasteiger partial charge in [-0.2, -0.15) is 0 Å². The average Bonchev–Trinajstić information content (AvgIpc) is 2.11. The molecule has 0 amide bonds. The van der Waals surface area contributed by atoms with E-state index in [0.29, 0.717) is 0 Å². The summed E-state index contributed by atoms with van der Waals surface area (Å²) < 4.78 is 45.5. The van der Waals surface area contributed by atoms with Crippen molar-refractivity contribution >= 4 is 8.32 Å². The number of alkyl halides is 3. The lowest BCUT2D eigenvalue weighted by Gasteiger charge is -2.41. The molecule has 17 heavy (non-hydrogen) atoms. The Morgan fingerprint density at radius 3 is 1.76 bits per heavy atom. The Morgan fingerprint density at radius 1 is 1.00 bits per heavy atom. The Hall–Kier alpha value is -0.0331. The van der Waals surface area contributed by atoms with Crippen molar-refractivity contribution in [2.45, 2.75) is 76.4 Å². The van der Waals surface area contributed by atoms with Crippen LogP contribution in [0.5, 0.6) is 0 Å². The van der Waals surface area contributed by atoms with Crippen molar-refractivity contribution < 1.29 is 17.6 Å². The summed E-state index contributed by atoms with van der Waals surface area (Å²) in [6, 6.07) is 0. The zero-order valence-electron chi connectivity index (χ0n) is 11.3. The van der Waals surface area contributed by atoms with Crippen LogP contribution in [0.4, 0.5) is 13.2 Å². The standard InChI is InChI=1S/C12H23F3OSi/c1-12(2,3)17(4,5)16-8-6-9(13)11(15)10(14)7-8/h8-11H,6-7H2,1-5H3. The highest BCUT2D eigenvalue weighted by Gasteiger charge is 2.44. The van der Waals surface area contributed by atoms with Gasteiger partial charge in [-0.15, -0.1) is 0 Å². The van der Waals surface area contributed by atoms with Gasteiger partial charge in [-0.3, -0.25) is 0 Å². The quantitative estimate of drug-likeness (QED) is 0.682. The monoisotopic (exact) mass is 268 g/mol. The number of hydrogen-bond acceptors (Lipinski definition) is 1. The lowest BCUT2D eigenvalue weighted by molar-refractivity contribution is -0.0162. The van der Waals surface area contributed by atoms with Gasteiger partial charge in [0.15, 0.2) is 14.5 Å². The van der Waals surface area contributed by atoms with Gasteiger partial charge in [0.2, 0.25) is 0 Å². The summed E-state index contributed by atoms with van der Waals surface area (Å²) in [5.74, 6) is 0. The van der Waals surface area contributed by atoms with Crippen molar-refractivity contribution in [3.05, 3.63) is 0 Å². The maximum Gasteiger partial charge on any atom is 0.192 e. The van der Waals surface area contributed by atoms with Crippen LogP contribution in [0.3, 0.4) is 0 Å². The van der Waals surface area contributed by atoms with E-state index < -0.39 is 32.9 Å². The van der Waals surface area contributed by atoms with Gasteiger partial charge >= 0.3 is 0 Å². The van der Waals surface area contributed by atoms with Crippen LogP contribution in [0.25, 0.3) is 0 Å². The summed E-state index contributed by atoms with van der Waals surface area (Å²) in [5, 5.41) is -0.00280. The predicted octanol–water partition coefficient (Wildman–Crippen LogP) is 4.18. The second-order valence-electron chi connectivity index (χ2n) is 6.45. The summed E-state index contributed by atoms with van der Waals surface area (Å²) >= 11 is 0. The highest BCUT2D eigenvalue weighted by Crippen LogP contribution is 2.40. The second kappa shape index (κ2) is 4.92. The summed E-state index contributed by atoms with van der Waals surface area (Å²) in [7, 11) is -2.03. The first-order chi connectivity index (χ1) is 7.54. The van der Waals surface area contributed by atoms with Crippen molar-refractivity contribution in [3.8, 4) is 0 Å². The van der Waals surface area contributed by atoms with E-state index in [1.807, 2.05) is 13.1 Å². The topological polar surface area (TPSA) is 9.23 Å². The van der Waals surface area contributed by atoms with Crippen LogP contribution in [0.1, 0.15) is 33.6 Å². The molecule has 1 rings (SSSR count). The van der Waals surface area contributed by atoms with Crippen molar-refractivity contribution in [2.75, 3.05) is 0 Å². The van der Waals surface area contributed by atoms with E-state index in [0.717, 1.165) is 0 Å². The van der Waals surface area contributed by atoms with Gasteiger partial charge in [-0.05, 0) is 18.1 Å². The third-order valence-corrected chi connectivity index (χ3v) is 8.47. The van der Waals surface area contributed by atoms with E-state index in [1.54, 1.807) is 0 Å². The molecule has 1 saturated carbocycles. The molecule has 0 aromatic carbocycles. The first kappa shape index (κ1) is 15.0. The highest BCUT2D eigenvalue weighted by atomic mass is 28.4. The Bertz CT molecular complexity index is 253. The smallest absolute Gasteiger partial charge is 0.192 e. The molecule has 102 valence electrons.